The Labute approximate surface area is 163 Å². The highest BCUT2D eigenvalue weighted by Gasteiger charge is 2.19. The molecule has 0 saturated carbocycles. The van der Waals surface area contributed by atoms with Crippen molar-refractivity contribution < 1.29 is 19.2 Å². The molecule has 3 aromatic rings. The smallest absolute Gasteiger partial charge is 0.293 e. The largest absolute Gasteiger partial charge is 0.486 e. The number of nitrogens with one attached hydrogen (secondary N) is 2. The molecule has 2 aromatic carbocycles. The third-order valence-electron chi connectivity index (χ3n) is 4.10. The van der Waals surface area contributed by atoms with E-state index in [1.54, 1.807) is 6.07 Å². The van der Waals surface area contributed by atoms with Crippen molar-refractivity contribution in [3.8, 4) is 11.5 Å². The molecule has 0 radical (unpaired) electrons. The molecule has 0 fully saturated rings. The Morgan fingerprint density at radius 1 is 1.25 bits per heavy atom. The lowest BCUT2D eigenvalue weighted by molar-refractivity contribution is -0.384. The molecule has 0 saturated heterocycles. The number of ether oxygens (including phenoxy) is 2. The van der Waals surface area contributed by atoms with Crippen molar-refractivity contribution in [3.63, 3.8) is 0 Å². The number of thiazole rings is 1. The van der Waals surface area contributed by atoms with Crippen LogP contribution in [-0.2, 0) is 0 Å². The fourth-order valence-corrected chi connectivity index (χ4v) is 3.72. The van der Waals surface area contributed by atoms with Crippen molar-refractivity contribution in [1.82, 2.24) is 4.98 Å². The van der Waals surface area contributed by atoms with Gasteiger partial charge < -0.3 is 14.8 Å². The summed E-state index contributed by atoms with van der Waals surface area (Å²) < 4.78 is 11.9. The molecule has 4 rings (SSSR count). The first-order valence-corrected chi connectivity index (χ1v) is 9.40. The van der Waals surface area contributed by atoms with Crippen molar-refractivity contribution in [2.24, 2.45) is 0 Å². The molecule has 10 heteroatoms. The zero-order chi connectivity index (χ0) is 19.7. The second kappa shape index (κ2) is 7.31. The van der Waals surface area contributed by atoms with E-state index in [0.717, 1.165) is 4.70 Å². The van der Waals surface area contributed by atoms with E-state index in [-0.39, 0.29) is 11.3 Å². The van der Waals surface area contributed by atoms with Gasteiger partial charge in [-0.15, -0.1) is 0 Å². The lowest BCUT2D eigenvalue weighted by Crippen LogP contribution is -2.15. The van der Waals surface area contributed by atoms with Crippen LogP contribution in [-0.4, -0.2) is 35.6 Å². The summed E-state index contributed by atoms with van der Waals surface area (Å²) in [6.45, 7) is 3.34. The van der Waals surface area contributed by atoms with Crippen molar-refractivity contribution in [1.29, 1.82) is 0 Å². The lowest BCUT2D eigenvalue weighted by atomic mass is 10.1. The van der Waals surface area contributed by atoms with Gasteiger partial charge in [0.2, 0.25) is 0 Å². The van der Waals surface area contributed by atoms with Crippen LogP contribution in [0.3, 0.4) is 0 Å². The molecule has 0 unspecified atom stereocenters. The summed E-state index contributed by atoms with van der Waals surface area (Å²) in [4.78, 5) is 27.7. The van der Waals surface area contributed by atoms with E-state index in [1.165, 1.54) is 29.5 Å². The number of benzene rings is 2. The average molecular weight is 400 g/mol. The summed E-state index contributed by atoms with van der Waals surface area (Å²) in [5.41, 5.74) is 1.08. The van der Waals surface area contributed by atoms with Crippen LogP contribution < -0.4 is 20.1 Å². The molecule has 1 aliphatic heterocycles. The van der Waals surface area contributed by atoms with Crippen LogP contribution in [0.2, 0.25) is 0 Å². The Bertz CT molecular complexity index is 1040. The van der Waals surface area contributed by atoms with Gasteiger partial charge in [-0.1, -0.05) is 11.3 Å². The van der Waals surface area contributed by atoms with Crippen molar-refractivity contribution in [3.05, 3.63) is 46.0 Å². The molecule has 144 valence electrons. The van der Waals surface area contributed by atoms with E-state index in [0.29, 0.717) is 47.6 Å². The highest BCUT2D eigenvalue weighted by atomic mass is 32.1. The van der Waals surface area contributed by atoms with Gasteiger partial charge in [-0.05, 0) is 19.1 Å². The topological polar surface area (TPSA) is 116 Å². The van der Waals surface area contributed by atoms with Gasteiger partial charge in [0.1, 0.15) is 18.9 Å². The minimum Gasteiger partial charge on any atom is -0.486 e. The van der Waals surface area contributed by atoms with Crippen molar-refractivity contribution >= 4 is 44.0 Å². The standard InChI is InChI=1S/C18H16N4O5S/c1-2-19-11-4-3-10(7-13(11)22(24)25)17(23)21-18-20-12-8-14-15(9-16(12)28-18)27-6-5-26-14/h3-4,7-9,19H,2,5-6H2,1H3,(H,20,21,23). The van der Waals surface area contributed by atoms with Crippen LogP contribution in [0.15, 0.2) is 30.3 Å². The second-order valence-corrected chi connectivity index (χ2v) is 6.99. The molecule has 9 nitrogen and oxygen atoms in total. The van der Waals surface area contributed by atoms with Crippen molar-refractivity contribution in [2.45, 2.75) is 6.92 Å². The summed E-state index contributed by atoms with van der Waals surface area (Å²) in [6, 6.07) is 7.91. The zero-order valence-electron chi connectivity index (χ0n) is 14.9. The number of fused-ring (bicyclic) bond motifs is 2. The van der Waals surface area contributed by atoms with E-state index in [4.69, 9.17) is 9.47 Å². The van der Waals surface area contributed by atoms with Crippen molar-refractivity contribution in [2.75, 3.05) is 30.4 Å². The van der Waals surface area contributed by atoms with Crippen LogP contribution in [0.5, 0.6) is 11.5 Å². The first-order chi connectivity index (χ1) is 13.5. The quantitative estimate of drug-likeness (QED) is 0.496. The number of aromatic nitrogens is 1. The van der Waals surface area contributed by atoms with E-state index >= 15 is 0 Å². The van der Waals surface area contributed by atoms with Crippen LogP contribution in [0, 0.1) is 10.1 Å². The second-order valence-electron chi connectivity index (χ2n) is 5.96. The minimum absolute atomic E-state index is 0.152. The highest BCUT2D eigenvalue weighted by molar-refractivity contribution is 7.22. The Morgan fingerprint density at radius 2 is 2.00 bits per heavy atom. The minimum atomic E-state index is -0.517. The van der Waals surface area contributed by atoms with Gasteiger partial charge in [-0.25, -0.2) is 4.98 Å². The molecular formula is C18H16N4O5S. The highest BCUT2D eigenvalue weighted by Crippen LogP contribution is 2.38. The number of nitro groups is 1. The first kappa shape index (κ1) is 18.0. The molecule has 2 N–H and O–H groups in total. The van der Waals surface area contributed by atoms with Crippen LogP contribution in [0.4, 0.5) is 16.5 Å². The molecule has 0 spiro atoms. The summed E-state index contributed by atoms with van der Waals surface area (Å²) >= 11 is 1.29. The molecule has 2 heterocycles. The number of carbonyl (C=O) groups is 1. The Morgan fingerprint density at radius 3 is 2.71 bits per heavy atom. The molecule has 1 aliphatic rings. The average Bonchev–Trinajstić information content (AvgIpc) is 3.07. The number of nitro benzene ring substituents is 1. The molecule has 28 heavy (non-hydrogen) atoms. The Balaban J connectivity index is 1.59. The zero-order valence-corrected chi connectivity index (χ0v) is 15.7. The summed E-state index contributed by atoms with van der Waals surface area (Å²) in [6.07, 6.45) is 0. The van der Waals surface area contributed by atoms with E-state index in [1.807, 2.05) is 13.0 Å². The number of rotatable bonds is 5. The predicted molar refractivity (Wildman–Crippen MR) is 106 cm³/mol. The first-order valence-electron chi connectivity index (χ1n) is 8.59. The summed E-state index contributed by atoms with van der Waals surface area (Å²) in [5, 5.41) is 17.3. The molecule has 1 aromatic heterocycles. The summed E-state index contributed by atoms with van der Waals surface area (Å²) in [5.74, 6) is 0.800. The van der Waals surface area contributed by atoms with E-state index < -0.39 is 10.8 Å². The number of carbonyl (C=O) groups excluding carboxylic acids is 1. The summed E-state index contributed by atoms with van der Waals surface area (Å²) in [7, 11) is 0. The third kappa shape index (κ3) is 3.41. The molecule has 0 aliphatic carbocycles. The predicted octanol–water partition coefficient (Wildman–Crippen LogP) is 3.66. The van der Waals surface area contributed by atoms with Gasteiger partial charge in [0.25, 0.3) is 11.6 Å². The third-order valence-corrected chi connectivity index (χ3v) is 5.03. The Kier molecular flexibility index (Phi) is 4.70. The SMILES string of the molecule is CCNc1ccc(C(=O)Nc2nc3cc4c(cc3s2)OCCO4)cc1[N+](=O)[O-]. The number of hydrogen-bond donors (Lipinski definition) is 2. The van der Waals surface area contributed by atoms with E-state index in [2.05, 4.69) is 15.6 Å². The lowest BCUT2D eigenvalue weighted by Gasteiger charge is -2.17. The molecule has 0 atom stereocenters. The van der Waals surface area contributed by atoms with Gasteiger partial charge >= 0.3 is 0 Å². The molecule has 1 amide bonds. The van der Waals surface area contributed by atoms with E-state index in [9.17, 15) is 14.9 Å². The number of nitrogens with zero attached hydrogens (tertiary/aromatic N) is 2. The van der Waals surface area contributed by atoms with Crippen LogP contribution in [0.25, 0.3) is 10.2 Å². The number of amides is 1. The number of anilines is 2. The molecule has 0 bridgehead atoms. The van der Waals surface area contributed by atoms with Gasteiger partial charge in [0.05, 0.1) is 15.1 Å². The normalized spacial score (nSPS) is 12.6. The molecular weight excluding hydrogens is 384 g/mol. The Hall–Kier alpha value is -3.40. The van der Waals surface area contributed by atoms with Crippen LogP contribution in [0.1, 0.15) is 17.3 Å². The van der Waals surface area contributed by atoms with Gasteiger partial charge in [-0.3, -0.25) is 20.2 Å². The maximum absolute atomic E-state index is 12.6. The van der Waals surface area contributed by atoms with Crippen LogP contribution >= 0.6 is 11.3 Å². The van der Waals surface area contributed by atoms with Gasteiger partial charge in [-0.2, -0.15) is 0 Å². The maximum atomic E-state index is 12.6. The fourth-order valence-electron chi connectivity index (χ4n) is 2.85. The van der Waals surface area contributed by atoms with Gasteiger partial charge in [0.15, 0.2) is 16.6 Å². The fraction of sp³-hybridized carbons (Fsp3) is 0.222. The monoisotopic (exact) mass is 400 g/mol. The number of hydrogen-bond acceptors (Lipinski definition) is 8. The maximum Gasteiger partial charge on any atom is 0.293 e. The van der Waals surface area contributed by atoms with Gasteiger partial charge in [0, 0.05) is 30.3 Å².